The number of carbonyl (C=O) groups is 1. The summed E-state index contributed by atoms with van der Waals surface area (Å²) in [4.78, 5) is 10.2. The standard InChI is InChI=1S/C7H13NO4/c1-11-7(12-2)5(9)3-4-6(8)10/h3-5,7,9H,1-2H3,(H2,8,10)/b4-3-/t5-/m1/s1. The smallest absolute Gasteiger partial charge is 0.241 e. The fourth-order valence-electron chi connectivity index (χ4n) is 0.659. The SMILES string of the molecule is COC(OC)[C@H](O)/C=C\C(N)=O. The topological polar surface area (TPSA) is 81.8 Å². The van der Waals surface area contributed by atoms with E-state index in [0.29, 0.717) is 0 Å². The molecule has 0 heterocycles. The monoisotopic (exact) mass is 175 g/mol. The highest BCUT2D eigenvalue weighted by atomic mass is 16.7. The van der Waals surface area contributed by atoms with Crippen LogP contribution in [0.25, 0.3) is 0 Å². The van der Waals surface area contributed by atoms with Crippen LogP contribution >= 0.6 is 0 Å². The maximum absolute atomic E-state index is 10.2. The number of methoxy groups -OCH3 is 2. The van der Waals surface area contributed by atoms with Gasteiger partial charge in [0.05, 0.1) is 0 Å². The molecule has 0 fully saturated rings. The predicted octanol–water partition coefficient (Wildman–Crippen LogP) is -0.992. The molecule has 0 aromatic rings. The zero-order chi connectivity index (χ0) is 9.56. The van der Waals surface area contributed by atoms with Crippen LogP contribution in [-0.2, 0) is 14.3 Å². The van der Waals surface area contributed by atoms with Crippen molar-refractivity contribution >= 4 is 5.91 Å². The Kier molecular flexibility index (Phi) is 5.27. The predicted molar refractivity (Wildman–Crippen MR) is 42.1 cm³/mol. The lowest BCUT2D eigenvalue weighted by atomic mass is 10.3. The summed E-state index contributed by atoms with van der Waals surface area (Å²) < 4.78 is 9.44. The molecule has 0 aromatic heterocycles. The highest BCUT2D eigenvalue weighted by molar-refractivity contribution is 5.85. The van der Waals surface area contributed by atoms with Gasteiger partial charge in [-0.05, 0) is 6.08 Å². The van der Waals surface area contributed by atoms with Crippen LogP contribution in [0.4, 0.5) is 0 Å². The van der Waals surface area contributed by atoms with Gasteiger partial charge in [0.2, 0.25) is 5.91 Å². The number of hydrogen-bond donors (Lipinski definition) is 2. The fourth-order valence-corrected chi connectivity index (χ4v) is 0.659. The molecule has 0 rings (SSSR count). The Morgan fingerprint density at radius 2 is 2.00 bits per heavy atom. The van der Waals surface area contributed by atoms with E-state index >= 15 is 0 Å². The van der Waals surface area contributed by atoms with Crippen LogP contribution in [0.3, 0.4) is 0 Å². The molecular weight excluding hydrogens is 162 g/mol. The zero-order valence-electron chi connectivity index (χ0n) is 7.06. The first-order valence-corrected chi connectivity index (χ1v) is 3.33. The van der Waals surface area contributed by atoms with Crippen molar-refractivity contribution in [2.45, 2.75) is 12.4 Å². The van der Waals surface area contributed by atoms with E-state index in [-0.39, 0.29) is 0 Å². The molecule has 0 aliphatic heterocycles. The minimum atomic E-state index is -0.993. The highest BCUT2D eigenvalue weighted by Crippen LogP contribution is 1.99. The van der Waals surface area contributed by atoms with Gasteiger partial charge >= 0.3 is 0 Å². The maximum atomic E-state index is 10.2. The Balaban J connectivity index is 3.99. The number of aliphatic hydroxyl groups is 1. The van der Waals surface area contributed by atoms with Gasteiger partial charge in [0.1, 0.15) is 6.10 Å². The Morgan fingerprint density at radius 1 is 1.50 bits per heavy atom. The van der Waals surface area contributed by atoms with Crippen LogP contribution in [0, 0.1) is 0 Å². The second-order valence-electron chi connectivity index (χ2n) is 2.09. The van der Waals surface area contributed by atoms with Gasteiger partial charge in [-0.25, -0.2) is 0 Å². The Labute approximate surface area is 70.8 Å². The molecule has 0 bridgehead atoms. The normalized spacial score (nSPS) is 14.0. The van der Waals surface area contributed by atoms with E-state index in [1.807, 2.05) is 0 Å². The van der Waals surface area contributed by atoms with Gasteiger partial charge in [-0.2, -0.15) is 0 Å². The molecule has 0 aliphatic carbocycles. The summed E-state index contributed by atoms with van der Waals surface area (Å²) in [5.74, 6) is -0.625. The van der Waals surface area contributed by atoms with Gasteiger partial charge in [-0.3, -0.25) is 4.79 Å². The highest BCUT2D eigenvalue weighted by Gasteiger charge is 2.14. The van der Waals surface area contributed by atoms with Crippen molar-refractivity contribution in [3.8, 4) is 0 Å². The zero-order valence-corrected chi connectivity index (χ0v) is 7.06. The molecule has 0 radical (unpaired) electrons. The quantitative estimate of drug-likeness (QED) is 0.415. The molecule has 5 nitrogen and oxygen atoms in total. The maximum Gasteiger partial charge on any atom is 0.241 e. The summed E-state index contributed by atoms with van der Waals surface area (Å²) in [5, 5.41) is 9.21. The number of ether oxygens (including phenoxy) is 2. The number of nitrogens with two attached hydrogens (primary N) is 1. The second kappa shape index (κ2) is 5.70. The molecule has 5 heteroatoms. The molecular formula is C7H13NO4. The third-order valence-corrected chi connectivity index (χ3v) is 1.20. The van der Waals surface area contributed by atoms with E-state index in [1.165, 1.54) is 20.3 Å². The minimum absolute atomic E-state index is 0.625. The molecule has 0 saturated heterocycles. The van der Waals surface area contributed by atoms with Crippen LogP contribution in [0.1, 0.15) is 0 Å². The van der Waals surface area contributed by atoms with Crippen molar-refractivity contribution in [2.75, 3.05) is 14.2 Å². The number of carbonyl (C=O) groups excluding carboxylic acids is 1. The van der Waals surface area contributed by atoms with Crippen LogP contribution in [0.2, 0.25) is 0 Å². The Bertz CT molecular complexity index is 165. The van der Waals surface area contributed by atoms with Crippen LogP contribution in [0.5, 0.6) is 0 Å². The number of rotatable bonds is 5. The van der Waals surface area contributed by atoms with Gasteiger partial charge in [-0.1, -0.05) is 0 Å². The molecule has 3 N–H and O–H groups in total. The van der Waals surface area contributed by atoms with E-state index in [1.54, 1.807) is 0 Å². The molecule has 70 valence electrons. The van der Waals surface area contributed by atoms with E-state index in [0.717, 1.165) is 6.08 Å². The summed E-state index contributed by atoms with van der Waals surface area (Å²) in [6.07, 6.45) is 0.489. The summed E-state index contributed by atoms with van der Waals surface area (Å²) in [7, 11) is 2.77. The molecule has 0 saturated carbocycles. The molecule has 0 aliphatic rings. The third kappa shape index (κ3) is 4.07. The first-order valence-electron chi connectivity index (χ1n) is 3.33. The summed E-state index contributed by atoms with van der Waals surface area (Å²) in [6, 6.07) is 0. The van der Waals surface area contributed by atoms with E-state index in [2.05, 4.69) is 0 Å². The number of amides is 1. The molecule has 12 heavy (non-hydrogen) atoms. The molecule has 0 unspecified atom stereocenters. The van der Waals surface area contributed by atoms with Gasteiger partial charge in [0, 0.05) is 20.3 Å². The molecule has 1 amide bonds. The van der Waals surface area contributed by atoms with Gasteiger partial charge < -0.3 is 20.3 Å². The van der Waals surface area contributed by atoms with Gasteiger partial charge in [0.15, 0.2) is 6.29 Å². The van der Waals surface area contributed by atoms with Crippen LogP contribution in [0.15, 0.2) is 12.2 Å². The van der Waals surface area contributed by atoms with Crippen molar-refractivity contribution in [2.24, 2.45) is 5.73 Å². The fraction of sp³-hybridized carbons (Fsp3) is 0.571. The first kappa shape index (κ1) is 11.1. The van der Waals surface area contributed by atoms with Gasteiger partial charge in [0.25, 0.3) is 0 Å². The largest absolute Gasteiger partial charge is 0.384 e. The molecule has 0 spiro atoms. The molecule has 1 atom stereocenters. The summed E-state index contributed by atoms with van der Waals surface area (Å²) in [5.41, 5.74) is 4.81. The average Bonchev–Trinajstić information content (AvgIpc) is 2.03. The first-order chi connectivity index (χ1) is 5.61. The Morgan fingerprint density at radius 3 is 2.33 bits per heavy atom. The second-order valence-corrected chi connectivity index (χ2v) is 2.09. The number of aliphatic hydroxyl groups excluding tert-OH is 1. The van der Waals surface area contributed by atoms with Crippen LogP contribution in [-0.4, -0.2) is 37.6 Å². The number of primary amides is 1. The third-order valence-electron chi connectivity index (χ3n) is 1.20. The van der Waals surface area contributed by atoms with Crippen molar-refractivity contribution in [3.05, 3.63) is 12.2 Å². The van der Waals surface area contributed by atoms with E-state index in [4.69, 9.17) is 15.2 Å². The van der Waals surface area contributed by atoms with Crippen LogP contribution < -0.4 is 5.73 Å². The van der Waals surface area contributed by atoms with Gasteiger partial charge in [-0.15, -0.1) is 0 Å². The van der Waals surface area contributed by atoms with Crippen molar-refractivity contribution in [1.29, 1.82) is 0 Å². The van der Waals surface area contributed by atoms with Crippen molar-refractivity contribution in [1.82, 2.24) is 0 Å². The van der Waals surface area contributed by atoms with Crippen molar-refractivity contribution < 1.29 is 19.4 Å². The minimum Gasteiger partial charge on any atom is -0.384 e. The Hall–Kier alpha value is -0.910. The van der Waals surface area contributed by atoms with E-state index < -0.39 is 18.3 Å². The molecule has 0 aromatic carbocycles. The lowest BCUT2D eigenvalue weighted by Gasteiger charge is -2.16. The van der Waals surface area contributed by atoms with Crippen molar-refractivity contribution in [3.63, 3.8) is 0 Å². The average molecular weight is 175 g/mol. The lowest BCUT2D eigenvalue weighted by molar-refractivity contribution is -0.150. The van der Waals surface area contributed by atoms with E-state index in [9.17, 15) is 9.90 Å². The summed E-state index contributed by atoms with van der Waals surface area (Å²) in [6.45, 7) is 0. The lowest BCUT2D eigenvalue weighted by Crippen LogP contribution is -2.28. The summed E-state index contributed by atoms with van der Waals surface area (Å²) >= 11 is 0. The number of hydrogen-bond acceptors (Lipinski definition) is 4.